The van der Waals surface area contributed by atoms with Gasteiger partial charge in [0.05, 0.1) is 0 Å². The number of rotatable bonds is 2. The number of hydrogen-bond donors (Lipinski definition) is 0. The number of hydrogen-bond acceptors (Lipinski definition) is 1. The second-order valence-corrected chi connectivity index (χ2v) is 10.1. The van der Waals surface area contributed by atoms with Gasteiger partial charge >= 0.3 is 0 Å². The fraction of sp³-hybridized carbons (Fsp3) is 0.0270. The Hall–Kier alpha value is -4.88. The van der Waals surface area contributed by atoms with E-state index in [-0.39, 0.29) is 0 Å². The zero-order chi connectivity index (χ0) is 25.2. The predicted molar refractivity (Wildman–Crippen MR) is 160 cm³/mol. The van der Waals surface area contributed by atoms with Crippen LogP contribution in [0.15, 0.2) is 127 Å². The molecule has 0 N–H and O–H groups in total. The summed E-state index contributed by atoms with van der Waals surface area (Å²) >= 11 is 0. The maximum Gasteiger partial charge on any atom is 0.135 e. The third-order valence-electron chi connectivity index (χ3n) is 7.91. The van der Waals surface area contributed by atoms with Gasteiger partial charge in [-0.3, -0.25) is 0 Å². The van der Waals surface area contributed by atoms with E-state index in [1.807, 2.05) is 6.07 Å². The standard InChI is InChI=1S/C37H24O/c1-23-10-8-11-24(22-23)35-26-13-2-4-15-28(26)36(29-16-5-3-14-27(29)35)32-21-20-31-25-12-6-7-18-33(25)38-34-19-9-17-30(32)37(31)34/h2-22H,1H3. The largest absolute Gasteiger partial charge is 0.456 e. The van der Waals surface area contributed by atoms with Crippen molar-refractivity contribution in [2.24, 2.45) is 0 Å². The first-order valence-electron chi connectivity index (χ1n) is 13.1. The Morgan fingerprint density at radius 2 is 1.00 bits per heavy atom. The quantitative estimate of drug-likeness (QED) is 0.222. The highest BCUT2D eigenvalue weighted by Gasteiger charge is 2.23. The maximum atomic E-state index is 6.40. The molecule has 1 nitrogen and oxygen atoms in total. The lowest BCUT2D eigenvalue weighted by molar-refractivity contribution is 0.487. The van der Waals surface area contributed by atoms with Crippen molar-refractivity contribution in [2.75, 3.05) is 0 Å². The van der Waals surface area contributed by atoms with Gasteiger partial charge in [0.15, 0.2) is 0 Å². The van der Waals surface area contributed by atoms with Crippen molar-refractivity contribution < 1.29 is 4.74 Å². The van der Waals surface area contributed by atoms with Crippen molar-refractivity contribution in [3.63, 3.8) is 0 Å². The lowest BCUT2D eigenvalue weighted by atomic mass is 9.83. The minimum absolute atomic E-state index is 0.915. The molecule has 8 rings (SSSR count). The monoisotopic (exact) mass is 484 g/mol. The first-order valence-corrected chi connectivity index (χ1v) is 13.1. The van der Waals surface area contributed by atoms with Crippen molar-refractivity contribution in [1.82, 2.24) is 0 Å². The first-order chi connectivity index (χ1) is 18.8. The fourth-order valence-electron chi connectivity index (χ4n) is 6.33. The second kappa shape index (κ2) is 8.06. The normalized spacial score (nSPS) is 12.0. The van der Waals surface area contributed by atoms with Gasteiger partial charge in [-0.1, -0.05) is 121 Å². The molecule has 1 aliphatic heterocycles. The molecule has 0 saturated heterocycles. The third kappa shape index (κ3) is 2.99. The molecule has 7 aromatic carbocycles. The minimum atomic E-state index is 0.915. The highest BCUT2D eigenvalue weighted by molar-refractivity contribution is 6.24. The molecular formula is C37H24O. The predicted octanol–water partition coefficient (Wildman–Crippen LogP) is 10.6. The molecule has 7 aromatic rings. The van der Waals surface area contributed by atoms with E-state index in [9.17, 15) is 0 Å². The van der Waals surface area contributed by atoms with Crippen LogP contribution in [0.4, 0.5) is 0 Å². The fourth-order valence-corrected chi connectivity index (χ4v) is 6.33. The molecule has 0 atom stereocenters. The van der Waals surface area contributed by atoms with E-state index in [2.05, 4.69) is 128 Å². The van der Waals surface area contributed by atoms with Gasteiger partial charge in [0.2, 0.25) is 0 Å². The summed E-state index contributed by atoms with van der Waals surface area (Å²) in [7, 11) is 0. The molecule has 0 aromatic heterocycles. The minimum Gasteiger partial charge on any atom is -0.456 e. The summed E-state index contributed by atoms with van der Waals surface area (Å²) in [6.45, 7) is 2.16. The lowest BCUT2D eigenvalue weighted by Crippen LogP contribution is -1.98. The van der Waals surface area contributed by atoms with Gasteiger partial charge in [-0.15, -0.1) is 0 Å². The molecule has 0 aliphatic carbocycles. The van der Waals surface area contributed by atoms with E-state index < -0.39 is 0 Å². The summed E-state index contributed by atoms with van der Waals surface area (Å²) in [4.78, 5) is 0. The molecule has 0 radical (unpaired) electrons. The zero-order valence-corrected chi connectivity index (χ0v) is 21.0. The van der Waals surface area contributed by atoms with Gasteiger partial charge in [-0.05, 0) is 73.8 Å². The number of aryl methyl sites for hydroxylation is 1. The van der Waals surface area contributed by atoms with Crippen LogP contribution in [0.25, 0.3) is 65.7 Å². The number of para-hydroxylation sites is 1. The first kappa shape index (κ1) is 21.2. The average molecular weight is 485 g/mol. The van der Waals surface area contributed by atoms with Gasteiger partial charge in [-0.25, -0.2) is 0 Å². The molecule has 0 saturated carbocycles. The second-order valence-electron chi connectivity index (χ2n) is 10.1. The van der Waals surface area contributed by atoms with Crippen LogP contribution in [0.2, 0.25) is 0 Å². The Kier molecular flexibility index (Phi) is 4.50. The van der Waals surface area contributed by atoms with E-state index in [4.69, 9.17) is 4.74 Å². The molecule has 0 unspecified atom stereocenters. The molecule has 0 bridgehead atoms. The highest BCUT2D eigenvalue weighted by Crippen LogP contribution is 2.51. The summed E-state index contributed by atoms with van der Waals surface area (Å²) < 4.78 is 6.40. The average Bonchev–Trinajstić information content (AvgIpc) is 2.96. The molecule has 1 heterocycles. The lowest BCUT2D eigenvalue weighted by Gasteiger charge is -2.24. The van der Waals surface area contributed by atoms with E-state index in [0.29, 0.717) is 0 Å². The van der Waals surface area contributed by atoms with Gasteiger partial charge in [0, 0.05) is 10.9 Å². The van der Waals surface area contributed by atoms with Crippen molar-refractivity contribution in [3.8, 4) is 44.9 Å². The summed E-state index contributed by atoms with van der Waals surface area (Å²) in [5, 5.41) is 7.47. The van der Waals surface area contributed by atoms with E-state index >= 15 is 0 Å². The van der Waals surface area contributed by atoms with Gasteiger partial charge in [0.25, 0.3) is 0 Å². The maximum absolute atomic E-state index is 6.40. The van der Waals surface area contributed by atoms with Gasteiger partial charge in [-0.2, -0.15) is 0 Å². The SMILES string of the molecule is Cc1cccc(-c2c3ccccc3c(-c3ccc4c5c(cccc35)Oc3ccccc3-4)c3ccccc23)c1. The Bertz CT molecular complexity index is 2010. The van der Waals surface area contributed by atoms with Gasteiger partial charge < -0.3 is 4.74 Å². The summed E-state index contributed by atoms with van der Waals surface area (Å²) in [6.07, 6.45) is 0. The van der Waals surface area contributed by atoms with Crippen LogP contribution < -0.4 is 4.74 Å². The summed E-state index contributed by atoms with van der Waals surface area (Å²) in [5.41, 5.74) is 8.70. The van der Waals surface area contributed by atoms with Crippen molar-refractivity contribution in [3.05, 3.63) is 133 Å². The smallest absolute Gasteiger partial charge is 0.135 e. The molecule has 38 heavy (non-hydrogen) atoms. The van der Waals surface area contributed by atoms with E-state index in [1.165, 1.54) is 65.7 Å². The zero-order valence-electron chi connectivity index (χ0n) is 21.0. The van der Waals surface area contributed by atoms with E-state index in [0.717, 1.165) is 17.1 Å². The topological polar surface area (TPSA) is 9.23 Å². The number of benzene rings is 7. The summed E-state index contributed by atoms with van der Waals surface area (Å²) in [6, 6.07) is 45.9. The molecular weight excluding hydrogens is 460 g/mol. The Labute approximate surface area is 221 Å². The van der Waals surface area contributed by atoms with Crippen LogP contribution in [-0.4, -0.2) is 0 Å². The van der Waals surface area contributed by atoms with Gasteiger partial charge in [0.1, 0.15) is 11.5 Å². The van der Waals surface area contributed by atoms with Crippen LogP contribution >= 0.6 is 0 Å². The number of fused-ring (bicyclic) bond motifs is 4. The molecule has 0 amide bonds. The van der Waals surface area contributed by atoms with Crippen LogP contribution in [0, 0.1) is 6.92 Å². The molecule has 178 valence electrons. The number of ether oxygens (including phenoxy) is 1. The van der Waals surface area contributed by atoms with Crippen LogP contribution in [0.5, 0.6) is 11.5 Å². The molecule has 1 heteroatoms. The van der Waals surface area contributed by atoms with Crippen LogP contribution in [0.3, 0.4) is 0 Å². The van der Waals surface area contributed by atoms with Crippen LogP contribution in [-0.2, 0) is 0 Å². The van der Waals surface area contributed by atoms with Crippen LogP contribution in [0.1, 0.15) is 5.56 Å². The molecule has 0 spiro atoms. The Balaban J connectivity index is 1.52. The Morgan fingerprint density at radius 1 is 0.421 bits per heavy atom. The van der Waals surface area contributed by atoms with Crippen molar-refractivity contribution >= 4 is 32.3 Å². The third-order valence-corrected chi connectivity index (χ3v) is 7.91. The highest BCUT2D eigenvalue weighted by atomic mass is 16.5. The summed E-state index contributed by atoms with van der Waals surface area (Å²) in [5.74, 6) is 1.83. The molecule has 0 fully saturated rings. The molecule has 1 aliphatic rings. The van der Waals surface area contributed by atoms with Crippen molar-refractivity contribution in [2.45, 2.75) is 6.92 Å². The van der Waals surface area contributed by atoms with Crippen molar-refractivity contribution in [1.29, 1.82) is 0 Å². The Morgan fingerprint density at radius 3 is 1.74 bits per heavy atom. The van der Waals surface area contributed by atoms with E-state index in [1.54, 1.807) is 0 Å².